The number of hydrogen-bond acceptors (Lipinski definition) is 6. The number of rotatable bonds is 3. The second kappa shape index (κ2) is 6.27. The zero-order valence-corrected chi connectivity index (χ0v) is 14.4. The van der Waals surface area contributed by atoms with Gasteiger partial charge in [-0.1, -0.05) is 18.2 Å². The third kappa shape index (κ3) is 3.67. The highest BCUT2D eigenvalue weighted by Gasteiger charge is 2.09. The van der Waals surface area contributed by atoms with E-state index in [9.17, 15) is 18.1 Å². The molecule has 0 spiro atoms. The van der Waals surface area contributed by atoms with Gasteiger partial charge in [0, 0.05) is 5.39 Å². The summed E-state index contributed by atoms with van der Waals surface area (Å²) in [4.78, 5) is -0.331. The first-order chi connectivity index (χ1) is 11.7. The Bertz CT molecular complexity index is 1090. The number of aromatic hydroxyl groups is 1. The van der Waals surface area contributed by atoms with Gasteiger partial charge in [0.15, 0.2) is 0 Å². The van der Waals surface area contributed by atoms with E-state index in [2.05, 4.69) is 10.2 Å². The summed E-state index contributed by atoms with van der Waals surface area (Å²) < 4.78 is 33.5. The molecule has 0 aliphatic carbocycles. The van der Waals surface area contributed by atoms with E-state index >= 15 is 0 Å². The van der Waals surface area contributed by atoms with Gasteiger partial charge in [0.25, 0.3) is 0 Å². The van der Waals surface area contributed by atoms with Gasteiger partial charge in [-0.3, -0.25) is 0 Å². The van der Waals surface area contributed by atoms with Crippen molar-refractivity contribution in [1.82, 2.24) is 0 Å². The van der Waals surface area contributed by atoms with Gasteiger partial charge in [-0.05, 0) is 60.7 Å². The average molecular weight is 355 g/mol. The smallest absolute Gasteiger partial charge is 0.143 e. The monoisotopic (exact) mass is 355 g/mol. The standard InChI is InChI=1S/C18H16N2O4S/c1-11-7-12(2)9-14(8-11)19-20-18-16-5-4-15(25(22,23)24)10-13(16)3-6-17(18)21/h3-10,21H,1-2H3,(H,22,23,24)/p-1. The van der Waals surface area contributed by atoms with Crippen LogP contribution in [0, 0.1) is 13.8 Å². The van der Waals surface area contributed by atoms with Crippen LogP contribution in [-0.4, -0.2) is 18.1 Å². The molecule has 25 heavy (non-hydrogen) atoms. The van der Waals surface area contributed by atoms with Crippen molar-refractivity contribution in [2.75, 3.05) is 0 Å². The number of azo groups is 1. The van der Waals surface area contributed by atoms with Crippen molar-refractivity contribution in [3.8, 4) is 5.75 Å². The van der Waals surface area contributed by atoms with Crippen LogP contribution < -0.4 is 0 Å². The lowest BCUT2D eigenvalue weighted by Gasteiger charge is -2.09. The second-order valence-electron chi connectivity index (χ2n) is 5.82. The zero-order valence-electron chi connectivity index (χ0n) is 13.6. The third-order valence-electron chi connectivity index (χ3n) is 3.70. The molecule has 0 aliphatic heterocycles. The van der Waals surface area contributed by atoms with Crippen LogP contribution in [0.4, 0.5) is 11.4 Å². The number of fused-ring (bicyclic) bond motifs is 1. The summed E-state index contributed by atoms with van der Waals surface area (Å²) in [5.74, 6) is -0.0849. The lowest BCUT2D eigenvalue weighted by atomic mass is 10.1. The molecule has 1 N–H and O–H groups in total. The fraction of sp³-hybridized carbons (Fsp3) is 0.111. The third-order valence-corrected chi connectivity index (χ3v) is 4.53. The summed E-state index contributed by atoms with van der Waals surface area (Å²) in [5, 5.41) is 19.4. The van der Waals surface area contributed by atoms with Crippen molar-refractivity contribution in [1.29, 1.82) is 0 Å². The Labute approximate surface area is 145 Å². The molecule has 7 heteroatoms. The molecular formula is C18H15N2O4S-. The van der Waals surface area contributed by atoms with Gasteiger partial charge in [-0.25, -0.2) is 8.42 Å². The molecule has 0 radical (unpaired) electrons. The van der Waals surface area contributed by atoms with Crippen LogP contribution in [0.2, 0.25) is 0 Å². The SMILES string of the molecule is Cc1cc(C)cc(N=Nc2c(O)ccc3cc(S(=O)(=O)[O-])ccc23)c1. The van der Waals surface area contributed by atoms with Crippen molar-refractivity contribution < 1.29 is 18.1 Å². The molecule has 3 aromatic rings. The van der Waals surface area contributed by atoms with Crippen molar-refractivity contribution >= 4 is 32.3 Å². The highest BCUT2D eigenvalue weighted by molar-refractivity contribution is 7.85. The minimum absolute atomic E-state index is 0.0849. The van der Waals surface area contributed by atoms with E-state index in [4.69, 9.17) is 0 Å². The number of nitrogens with zero attached hydrogens (tertiary/aromatic N) is 2. The van der Waals surface area contributed by atoms with Crippen molar-refractivity contribution in [3.05, 3.63) is 59.7 Å². The zero-order chi connectivity index (χ0) is 18.2. The first kappa shape index (κ1) is 17.1. The molecule has 0 aromatic heterocycles. The minimum atomic E-state index is -4.55. The fourth-order valence-corrected chi connectivity index (χ4v) is 3.16. The van der Waals surface area contributed by atoms with E-state index < -0.39 is 10.1 Å². The predicted molar refractivity (Wildman–Crippen MR) is 93.7 cm³/mol. The Morgan fingerprint density at radius 2 is 1.60 bits per heavy atom. The molecular weight excluding hydrogens is 340 g/mol. The van der Waals surface area contributed by atoms with E-state index in [1.54, 1.807) is 0 Å². The van der Waals surface area contributed by atoms with Crippen LogP contribution >= 0.6 is 0 Å². The van der Waals surface area contributed by atoms with E-state index in [1.807, 2.05) is 32.0 Å². The summed E-state index contributed by atoms with van der Waals surface area (Å²) in [6.07, 6.45) is 0. The quantitative estimate of drug-likeness (QED) is 0.552. The molecule has 6 nitrogen and oxygen atoms in total. The van der Waals surface area contributed by atoms with Crippen LogP contribution in [0.15, 0.2) is 63.7 Å². The summed E-state index contributed by atoms with van der Waals surface area (Å²) in [6.45, 7) is 3.90. The highest BCUT2D eigenvalue weighted by atomic mass is 32.2. The van der Waals surface area contributed by atoms with Crippen LogP contribution in [0.5, 0.6) is 5.75 Å². The van der Waals surface area contributed by atoms with Gasteiger partial charge in [-0.15, -0.1) is 5.11 Å². The van der Waals surface area contributed by atoms with E-state index in [-0.39, 0.29) is 16.3 Å². The maximum Gasteiger partial charge on any atom is 0.143 e. The van der Waals surface area contributed by atoms with Gasteiger partial charge >= 0.3 is 0 Å². The highest BCUT2D eigenvalue weighted by Crippen LogP contribution is 2.37. The Morgan fingerprint density at radius 1 is 0.920 bits per heavy atom. The molecule has 3 aromatic carbocycles. The topological polar surface area (TPSA) is 102 Å². The Morgan fingerprint density at radius 3 is 2.24 bits per heavy atom. The number of phenols is 1. The van der Waals surface area contributed by atoms with E-state index in [0.29, 0.717) is 16.5 Å². The van der Waals surface area contributed by atoms with Crippen molar-refractivity contribution in [2.45, 2.75) is 18.7 Å². The van der Waals surface area contributed by atoms with Crippen molar-refractivity contribution in [2.24, 2.45) is 10.2 Å². The minimum Gasteiger partial charge on any atom is -0.744 e. The van der Waals surface area contributed by atoms with Gasteiger partial charge < -0.3 is 9.66 Å². The van der Waals surface area contributed by atoms with E-state index in [1.165, 1.54) is 30.3 Å². The molecule has 0 heterocycles. The molecule has 3 rings (SSSR count). The maximum absolute atomic E-state index is 11.2. The largest absolute Gasteiger partial charge is 0.744 e. The molecule has 0 atom stereocenters. The molecule has 128 valence electrons. The molecule has 0 amide bonds. The molecule has 0 saturated carbocycles. The Balaban J connectivity index is 2.12. The molecule has 0 bridgehead atoms. The van der Waals surface area contributed by atoms with Gasteiger partial charge in [0.2, 0.25) is 0 Å². The summed E-state index contributed by atoms with van der Waals surface area (Å²) >= 11 is 0. The predicted octanol–water partition coefficient (Wildman–Crippen LogP) is 4.48. The summed E-state index contributed by atoms with van der Waals surface area (Å²) in [7, 11) is -4.55. The first-order valence-electron chi connectivity index (χ1n) is 7.46. The molecule has 0 fully saturated rings. The maximum atomic E-state index is 11.2. The van der Waals surface area contributed by atoms with Gasteiger partial charge in [-0.2, -0.15) is 5.11 Å². The van der Waals surface area contributed by atoms with Crippen LogP contribution in [-0.2, 0) is 10.1 Å². The summed E-state index contributed by atoms with van der Waals surface area (Å²) in [6, 6.07) is 12.5. The normalized spacial score (nSPS) is 12.1. The van der Waals surface area contributed by atoms with Crippen LogP contribution in [0.25, 0.3) is 10.8 Å². The summed E-state index contributed by atoms with van der Waals surface area (Å²) in [5.41, 5.74) is 2.95. The van der Waals surface area contributed by atoms with Gasteiger partial charge in [0.05, 0.1) is 10.6 Å². The Hall–Kier alpha value is -2.77. The molecule has 0 unspecified atom stereocenters. The lowest BCUT2D eigenvalue weighted by Crippen LogP contribution is -1.97. The average Bonchev–Trinajstić information content (AvgIpc) is 2.51. The molecule has 0 saturated heterocycles. The number of benzene rings is 3. The van der Waals surface area contributed by atoms with Crippen LogP contribution in [0.3, 0.4) is 0 Å². The first-order valence-corrected chi connectivity index (χ1v) is 8.86. The van der Waals surface area contributed by atoms with Crippen LogP contribution in [0.1, 0.15) is 11.1 Å². The van der Waals surface area contributed by atoms with Gasteiger partial charge in [0.1, 0.15) is 21.6 Å². The number of phenolic OH excluding ortho intramolecular Hbond substituents is 1. The Kier molecular flexibility index (Phi) is 4.28. The number of hydrogen-bond donors (Lipinski definition) is 1. The lowest BCUT2D eigenvalue weighted by molar-refractivity contribution is 0.463. The van der Waals surface area contributed by atoms with E-state index in [0.717, 1.165) is 11.1 Å². The van der Waals surface area contributed by atoms with Crippen molar-refractivity contribution in [3.63, 3.8) is 0 Å². The molecule has 0 aliphatic rings. The number of aryl methyl sites for hydroxylation is 2. The second-order valence-corrected chi connectivity index (χ2v) is 7.20. The fourth-order valence-electron chi connectivity index (χ4n) is 2.66.